The SMILES string of the molecule is CC1(CCN)Cc2ccc(F)cc2O1. The molecule has 2 nitrogen and oxygen atoms in total. The molecule has 1 aromatic carbocycles. The van der Waals surface area contributed by atoms with E-state index in [0.29, 0.717) is 12.3 Å². The van der Waals surface area contributed by atoms with Crippen LogP contribution in [-0.2, 0) is 6.42 Å². The van der Waals surface area contributed by atoms with E-state index in [4.69, 9.17) is 10.5 Å². The molecule has 0 bridgehead atoms. The molecule has 0 saturated heterocycles. The third-order valence-electron chi connectivity index (χ3n) is 2.62. The molecule has 1 atom stereocenters. The Morgan fingerprint density at radius 3 is 3.07 bits per heavy atom. The van der Waals surface area contributed by atoms with E-state index in [2.05, 4.69) is 0 Å². The molecule has 0 amide bonds. The summed E-state index contributed by atoms with van der Waals surface area (Å²) in [6.07, 6.45) is 1.61. The van der Waals surface area contributed by atoms with Crippen molar-refractivity contribution in [3.8, 4) is 5.75 Å². The molecule has 76 valence electrons. The van der Waals surface area contributed by atoms with E-state index in [0.717, 1.165) is 18.4 Å². The van der Waals surface area contributed by atoms with Crippen molar-refractivity contribution in [2.45, 2.75) is 25.4 Å². The number of hydrogen-bond acceptors (Lipinski definition) is 2. The van der Waals surface area contributed by atoms with Crippen molar-refractivity contribution >= 4 is 0 Å². The summed E-state index contributed by atoms with van der Waals surface area (Å²) < 4.78 is 18.6. The summed E-state index contributed by atoms with van der Waals surface area (Å²) in [5.41, 5.74) is 6.33. The van der Waals surface area contributed by atoms with Crippen LogP contribution in [0.5, 0.6) is 5.75 Å². The van der Waals surface area contributed by atoms with Crippen LogP contribution in [-0.4, -0.2) is 12.1 Å². The van der Waals surface area contributed by atoms with Gasteiger partial charge in [0.05, 0.1) is 0 Å². The lowest BCUT2D eigenvalue weighted by Crippen LogP contribution is -2.32. The van der Waals surface area contributed by atoms with E-state index in [1.807, 2.05) is 6.92 Å². The third kappa shape index (κ3) is 1.60. The lowest BCUT2D eigenvalue weighted by Gasteiger charge is -2.22. The number of nitrogens with two attached hydrogens (primary N) is 1. The standard InChI is InChI=1S/C11H14FNO/c1-11(4-5-13)7-8-2-3-9(12)6-10(8)14-11/h2-3,6H,4-5,7,13H2,1H3. The van der Waals surface area contributed by atoms with Crippen LogP contribution in [0.2, 0.25) is 0 Å². The zero-order valence-electron chi connectivity index (χ0n) is 8.22. The minimum atomic E-state index is -0.249. The summed E-state index contributed by atoms with van der Waals surface area (Å²) in [7, 11) is 0. The van der Waals surface area contributed by atoms with Crippen LogP contribution in [0.1, 0.15) is 18.9 Å². The largest absolute Gasteiger partial charge is 0.487 e. The van der Waals surface area contributed by atoms with Crippen molar-refractivity contribution in [3.05, 3.63) is 29.6 Å². The smallest absolute Gasteiger partial charge is 0.126 e. The Hall–Kier alpha value is -1.09. The second-order valence-electron chi connectivity index (χ2n) is 4.02. The van der Waals surface area contributed by atoms with E-state index in [-0.39, 0.29) is 11.4 Å². The lowest BCUT2D eigenvalue weighted by atomic mass is 9.96. The van der Waals surface area contributed by atoms with Crippen LogP contribution < -0.4 is 10.5 Å². The first-order valence-corrected chi connectivity index (χ1v) is 4.80. The maximum Gasteiger partial charge on any atom is 0.126 e. The number of halogens is 1. The molecule has 14 heavy (non-hydrogen) atoms. The molecular formula is C11H14FNO. The van der Waals surface area contributed by atoms with Gasteiger partial charge in [0.1, 0.15) is 17.2 Å². The highest BCUT2D eigenvalue weighted by Crippen LogP contribution is 2.36. The van der Waals surface area contributed by atoms with Crippen molar-refractivity contribution < 1.29 is 9.13 Å². The molecular weight excluding hydrogens is 181 g/mol. The quantitative estimate of drug-likeness (QED) is 0.781. The molecule has 1 aliphatic rings. The van der Waals surface area contributed by atoms with Crippen molar-refractivity contribution in [2.24, 2.45) is 5.73 Å². The van der Waals surface area contributed by atoms with Crippen LogP contribution >= 0.6 is 0 Å². The minimum absolute atomic E-state index is 0.245. The van der Waals surface area contributed by atoms with Crippen LogP contribution in [0.25, 0.3) is 0 Å². The zero-order chi connectivity index (χ0) is 10.2. The van der Waals surface area contributed by atoms with E-state index < -0.39 is 0 Å². The summed E-state index contributed by atoms with van der Waals surface area (Å²) in [6, 6.07) is 4.69. The van der Waals surface area contributed by atoms with E-state index >= 15 is 0 Å². The van der Waals surface area contributed by atoms with E-state index in [1.54, 1.807) is 6.07 Å². The van der Waals surface area contributed by atoms with Crippen molar-refractivity contribution in [1.82, 2.24) is 0 Å². The molecule has 0 radical (unpaired) electrons. The average Bonchev–Trinajstić information content (AvgIpc) is 2.40. The lowest BCUT2D eigenvalue weighted by molar-refractivity contribution is 0.108. The van der Waals surface area contributed by atoms with Gasteiger partial charge in [-0.05, 0) is 31.5 Å². The van der Waals surface area contributed by atoms with Gasteiger partial charge >= 0.3 is 0 Å². The number of fused-ring (bicyclic) bond motifs is 1. The first-order chi connectivity index (χ1) is 6.63. The average molecular weight is 195 g/mol. The molecule has 0 saturated carbocycles. The molecule has 2 rings (SSSR count). The van der Waals surface area contributed by atoms with Gasteiger partial charge in [0.2, 0.25) is 0 Å². The topological polar surface area (TPSA) is 35.2 Å². The third-order valence-corrected chi connectivity index (χ3v) is 2.62. The van der Waals surface area contributed by atoms with Gasteiger partial charge in [0, 0.05) is 12.5 Å². The van der Waals surface area contributed by atoms with E-state index in [1.165, 1.54) is 12.1 Å². The Bertz CT molecular complexity index is 353. The van der Waals surface area contributed by atoms with Gasteiger partial charge in [-0.2, -0.15) is 0 Å². The summed E-state index contributed by atoms with van der Waals surface area (Å²) in [5.74, 6) is 0.418. The Balaban J connectivity index is 2.25. The Kier molecular flexibility index (Phi) is 2.19. The summed E-state index contributed by atoms with van der Waals surface area (Å²) >= 11 is 0. The fourth-order valence-corrected chi connectivity index (χ4v) is 1.92. The molecule has 1 aliphatic heterocycles. The molecule has 0 fully saturated rings. The second kappa shape index (κ2) is 3.24. The number of rotatable bonds is 2. The van der Waals surface area contributed by atoms with Crippen LogP contribution in [0.3, 0.4) is 0 Å². The predicted molar refractivity (Wildman–Crippen MR) is 52.8 cm³/mol. The molecule has 0 spiro atoms. The van der Waals surface area contributed by atoms with Gasteiger partial charge in [0.15, 0.2) is 0 Å². The number of benzene rings is 1. The number of ether oxygens (including phenoxy) is 1. The maximum atomic E-state index is 12.9. The molecule has 0 aromatic heterocycles. The molecule has 0 aliphatic carbocycles. The highest BCUT2D eigenvalue weighted by molar-refractivity contribution is 5.39. The Labute approximate surface area is 82.9 Å². The Morgan fingerprint density at radius 1 is 1.57 bits per heavy atom. The number of hydrogen-bond donors (Lipinski definition) is 1. The van der Waals surface area contributed by atoms with Gasteiger partial charge < -0.3 is 10.5 Å². The predicted octanol–water partition coefficient (Wildman–Crippen LogP) is 1.87. The highest BCUT2D eigenvalue weighted by Gasteiger charge is 2.33. The molecule has 1 unspecified atom stereocenters. The zero-order valence-corrected chi connectivity index (χ0v) is 8.22. The summed E-state index contributed by atoms with van der Waals surface area (Å²) in [6.45, 7) is 2.60. The van der Waals surface area contributed by atoms with Crippen LogP contribution in [0, 0.1) is 5.82 Å². The molecule has 2 N–H and O–H groups in total. The molecule has 1 aromatic rings. The first-order valence-electron chi connectivity index (χ1n) is 4.80. The molecule has 1 heterocycles. The van der Waals surface area contributed by atoms with E-state index in [9.17, 15) is 4.39 Å². The van der Waals surface area contributed by atoms with Gasteiger partial charge in [-0.25, -0.2) is 4.39 Å². The fraction of sp³-hybridized carbons (Fsp3) is 0.455. The van der Waals surface area contributed by atoms with Gasteiger partial charge in [0.25, 0.3) is 0 Å². The van der Waals surface area contributed by atoms with Crippen molar-refractivity contribution in [1.29, 1.82) is 0 Å². The summed E-state index contributed by atoms with van der Waals surface area (Å²) in [4.78, 5) is 0. The van der Waals surface area contributed by atoms with Gasteiger partial charge in [-0.15, -0.1) is 0 Å². The normalized spacial score (nSPS) is 24.5. The monoisotopic (exact) mass is 195 g/mol. The van der Waals surface area contributed by atoms with Crippen LogP contribution in [0.15, 0.2) is 18.2 Å². The highest BCUT2D eigenvalue weighted by atomic mass is 19.1. The van der Waals surface area contributed by atoms with Gasteiger partial charge in [-0.1, -0.05) is 6.07 Å². The Morgan fingerprint density at radius 2 is 2.36 bits per heavy atom. The minimum Gasteiger partial charge on any atom is -0.487 e. The molecule has 3 heteroatoms. The second-order valence-corrected chi connectivity index (χ2v) is 4.02. The summed E-state index contributed by atoms with van der Waals surface area (Å²) in [5, 5.41) is 0. The van der Waals surface area contributed by atoms with Gasteiger partial charge in [-0.3, -0.25) is 0 Å². The maximum absolute atomic E-state index is 12.9. The van der Waals surface area contributed by atoms with Crippen molar-refractivity contribution in [3.63, 3.8) is 0 Å². The first kappa shape index (κ1) is 9.46. The fourth-order valence-electron chi connectivity index (χ4n) is 1.92. The van der Waals surface area contributed by atoms with Crippen LogP contribution in [0.4, 0.5) is 4.39 Å². The van der Waals surface area contributed by atoms with Crippen molar-refractivity contribution in [2.75, 3.05) is 6.54 Å².